The zero-order valence-corrected chi connectivity index (χ0v) is 19.9. The van der Waals surface area contributed by atoms with E-state index in [9.17, 15) is 9.59 Å². The fourth-order valence-corrected chi connectivity index (χ4v) is 5.11. The summed E-state index contributed by atoms with van der Waals surface area (Å²) in [4.78, 5) is 25.7. The number of benzene rings is 1. The van der Waals surface area contributed by atoms with E-state index in [1.165, 1.54) is 6.42 Å². The van der Waals surface area contributed by atoms with Crippen molar-refractivity contribution in [2.45, 2.75) is 97.3 Å². The molecule has 0 aromatic heterocycles. The van der Waals surface area contributed by atoms with Gasteiger partial charge in [-0.15, -0.1) is 0 Å². The van der Waals surface area contributed by atoms with Gasteiger partial charge in [0, 0.05) is 6.04 Å². The van der Waals surface area contributed by atoms with Gasteiger partial charge in [-0.1, -0.05) is 51.5 Å². The minimum absolute atomic E-state index is 0.0254. The first-order valence-electron chi connectivity index (χ1n) is 11.8. The number of amides is 1. The highest BCUT2D eigenvalue weighted by atomic mass is 16.6. The first-order valence-corrected chi connectivity index (χ1v) is 11.8. The SMILES string of the molecule is CC(C)[C@@H]1CC[C@@H](C)C[C@H]1OC(=O)[C@@H]1C[C@@H](NC(=O)OC(C)(C)C)Cc2ccccc21. The van der Waals surface area contributed by atoms with E-state index in [0.717, 1.165) is 24.0 Å². The van der Waals surface area contributed by atoms with Crippen LogP contribution in [0.1, 0.15) is 84.3 Å². The first-order chi connectivity index (χ1) is 14.5. The highest BCUT2D eigenvalue weighted by Crippen LogP contribution is 2.38. The van der Waals surface area contributed by atoms with E-state index in [1.54, 1.807) is 0 Å². The number of alkyl carbamates (subject to hydrolysis) is 1. The summed E-state index contributed by atoms with van der Waals surface area (Å²) >= 11 is 0. The molecule has 0 spiro atoms. The summed E-state index contributed by atoms with van der Waals surface area (Å²) in [5, 5.41) is 2.97. The van der Waals surface area contributed by atoms with E-state index in [1.807, 2.05) is 45.0 Å². The van der Waals surface area contributed by atoms with Crippen LogP contribution in [-0.2, 0) is 20.7 Å². The lowest BCUT2D eigenvalue weighted by Gasteiger charge is -2.38. The number of ether oxygens (including phenoxy) is 2. The molecule has 0 unspecified atom stereocenters. The average Bonchev–Trinajstić information content (AvgIpc) is 2.65. The van der Waals surface area contributed by atoms with Crippen molar-refractivity contribution in [1.82, 2.24) is 5.32 Å². The van der Waals surface area contributed by atoms with E-state index < -0.39 is 11.7 Å². The van der Waals surface area contributed by atoms with Gasteiger partial charge in [-0.25, -0.2) is 4.79 Å². The molecule has 0 heterocycles. The Labute approximate surface area is 187 Å². The summed E-state index contributed by atoms with van der Waals surface area (Å²) < 4.78 is 11.6. The number of nitrogens with one attached hydrogen (secondary N) is 1. The maximum Gasteiger partial charge on any atom is 0.407 e. The lowest BCUT2D eigenvalue weighted by Crippen LogP contribution is -2.44. The predicted molar refractivity (Wildman–Crippen MR) is 122 cm³/mol. The first kappa shape index (κ1) is 23.6. The van der Waals surface area contributed by atoms with Crippen LogP contribution in [0.2, 0.25) is 0 Å². The van der Waals surface area contributed by atoms with Gasteiger partial charge in [0.15, 0.2) is 0 Å². The monoisotopic (exact) mass is 429 g/mol. The normalized spacial score (nSPS) is 28.5. The van der Waals surface area contributed by atoms with Crippen LogP contribution in [0.15, 0.2) is 24.3 Å². The Hall–Kier alpha value is -2.04. The summed E-state index contributed by atoms with van der Waals surface area (Å²) in [7, 11) is 0. The minimum Gasteiger partial charge on any atom is -0.462 e. The van der Waals surface area contributed by atoms with Crippen LogP contribution in [-0.4, -0.2) is 29.8 Å². The quantitative estimate of drug-likeness (QED) is 0.632. The van der Waals surface area contributed by atoms with Crippen LogP contribution in [0.5, 0.6) is 0 Å². The van der Waals surface area contributed by atoms with E-state index in [0.29, 0.717) is 30.6 Å². The molecule has 2 aliphatic carbocycles. The van der Waals surface area contributed by atoms with Crippen molar-refractivity contribution in [1.29, 1.82) is 0 Å². The molecule has 31 heavy (non-hydrogen) atoms. The van der Waals surface area contributed by atoms with Crippen molar-refractivity contribution in [3.05, 3.63) is 35.4 Å². The Morgan fingerprint density at radius 2 is 1.81 bits per heavy atom. The minimum atomic E-state index is -0.557. The molecule has 5 nitrogen and oxygen atoms in total. The van der Waals surface area contributed by atoms with Crippen LogP contribution >= 0.6 is 0 Å². The van der Waals surface area contributed by atoms with Crippen molar-refractivity contribution < 1.29 is 19.1 Å². The zero-order valence-electron chi connectivity index (χ0n) is 19.9. The molecular formula is C26H39NO4. The second-order valence-corrected chi connectivity index (χ2v) is 10.8. The molecule has 1 fully saturated rings. The second-order valence-electron chi connectivity index (χ2n) is 10.8. The van der Waals surface area contributed by atoms with Crippen molar-refractivity contribution in [3.63, 3.8) is 0 Å². The second kappa shape index (κ2) is 9.62. The summed E-state index contributed by atoms with van der Waals surface area (Å²) in [6.45, 7) is 12.2. The third-order valence-corrected chi connectivity index (χ3v) is 6.65. The molecule has 3 rings (SSSR count). The standard InChI is InChI=1S/C26H39NO4/c1-16(2)20-12-11-17(3)13-23(20)30-24(28)22-15-19(27-25(29)31-26(4,5)6)14-18-9-7-8-10-21(18)22/h7-10,16-17,19-20,22-23H,11-15H2,1-6H3,(H,27,29)/t17-,19+,20+,22-,23-/m1/s1. The summed E-state index contributed by atoms with van der Waals surface area (Å²) in [5.41, 5.74) is 1.56. The number of esters is 1. The predicted octanol–water partition coefficient (Wildman–Crippen LogP) is 5.61. The largest absolute Gasteiger partial charge is 0.462 e. The molecule has 1 saturated carbocycles. The highest BCUT2D eigenvalue weighted by Gasteiger charge is 2.38. The number of hydrogen-bond donors (Lipinski definition) is 1. The number of rotatable bonds is 4. The maximum atomic E-state index is 13.4. The number of carbonyl (C=O) groups excluding carboxylic acids is 2. The van der Waals surface area contributed by atoms with Gasteiger partial charge in [-0.05, 0) is 75.3 Å². The molecule has 1 N–H and O–H groups in total. The number of carbonyl (C=O) groups is 2. The van der Waals surface area contributed by atoms with Gasteiger partial charge < -0.3 is 14.8 Å². The Bertz CT molecular complexity index is 782. The van der Waals surface area contributed by atoms with Crippen molar-refractivity contribution in [3.8, 4) is 0 Å². The Kier molecular flexibility index (Phi) is 7.33. The van der Waals surface area contributed by atoms with Crippen LogP contribution in [0.4, 0.5) is 4.79 Å². The van der Waals surface area contributed by atoms with Crippen molar-refractivity contribution >= 4 is 12.1 Å². The summed E-state index contributed by atoms with van der Waals surface area (Å²) in [6, 6.07) is 7.86. The number of hydrogen-bond acceptors (Lipinski definition) is 4. The van der Waals surface area contributed by atoms with Gasteiger partial charge in [0.2, 0.25) is 0 Å². The van der Waals surface area contributed by atoms with Crippen LogP contribution in [0.3, 0.4) is 0 Å². The smallest absolute Gasteiger partial charge is 0.407 e. The molecule has 1 amide bonds. The summed E-state index contributed by atoms with van der Waals surface area (Å²) in [5.74, 6) is 0.955. The molecule has 172 valence electrons. The highest BCUT2D eigenvalue weighted by molar-refractivity contribution is 5.80. The maximum absolute atomic E-state index is 13.4. The molecule has 0 radical (unpaired) electrons. The van der Waals surface area contributed by atoms with Crippen molar-refractivity contribution in [2.75, 3.05) is 0 Å². The van der Waals surface area contributed by atoms with Crippen LogP contribution < -0.4 is 5.32 Å². The molecule has 1 aromatic rings. The molecule has 0 saturated heterocycles. The molecule has 0 bridgehead atoms. The topological polar surface area (TPSA) is 64.6 Å². The summed E-state index contributed by atoms with van der Waals surface area (Å²) in [6.07, 6.45) is 4.00. The van der Waals surface area contributed by atoms with Crippen molar-refractivity contribution in [2.24, 2.45) is 17.8 Å². The van der Waals surface area contributed by atoms with Gasteiger partial charge in [0.25, 0.3) is 0 Å². The van der Waals surface area contributed by atoms with Crippen LogP contribution in [0.25, 0.3) is 0 Å². The van der Waals surface area contributed by atoms with Gasteiger partial charge in [-0.2, -0.15) is 0 Å². The van der Waals surface area contributed by atoms with Crippen LogP contribution in [0, 0.1) is 17.8 Å². The third kappa shape index (κ3) is 6.24. The Balaban J connectivity index is 1.75. The Morgan fingerprint density at radius 1 is 1.10 bits per heavy atom. The molecule has 5 heteroatoms. The molecular weight excluding hydrogens is 390 g/mol. The lowest BCUT2D eigenvalue weighted by molar-refractivity contribution is -0.158. The molecule has 2 aliphatic rings. The van der Waals surface area contributed by atoms with Gasteiger partial charge in [0.05, 0.1) is 5.92 Å². The van der Waals surface area contributed by atoms with E-state index in [-0.39, 0.29) is 24.0 Å². The fraction of sp³-hybridized carbons (Fsp3) is 0.692. The average molecular weight is 430 g/mol. The fourth-order valence-electron chi connectivity index (χ4n) is 5.11. The van der Waals surface area contributed by atoms with E-state index in [2.05, 4.69) is 26.1 Å². The van der Waals surface area contributed by atoms with Gasteiger partial charge in [-0.3, -0.25) is 4.79 Å². The van der Waals surface area contributed by atoms with E-state index >= 15 is 0 Å². The lowest BCUT2D eigenvalue weighted by atomic mass is 9.75. The molecule has 0 aliphatic heterocycles. The van der Waals surface area contributed by atoms with Gasteiger partial charge >= 0.3 is 12.1 Å². The molecule has 1 aromatic carbocycles. The third-order valence-electron chi connectivity index (χ3n) is 6.65. The molecule has 5 atom stereocenters. The zero-order chi connectivity index (χ0) is 22.8. The Morgan fingerprint density at radius 3 is 2.48 bits per heavy atom. The number of fused-ring (bicyclic) bond motifs is 1. The van der Waals surface area contributed by atoms with Gasteiger partial charge in [0.1, 0.15) is 11.7 Å². The van der Waals surface area contributed by atoms with E-state index in [4.69, 9.17) is 9.47 Å².